The molecule has 0 aromatic carbocycles. The maximum Gasteiger partial charge on any atom is 0.427 e. The second-order valence-electron chi connectivity index (χ2n) is 4.85. The SMILES string of the molecule is FC(F)(F)c1cnc(N2CCN(Cc3ccco3)CC2)s1. The van der Waals surface area contributed by atoms with Crippen molar-refractivity contribution in [2.24, 2.45) is 0 Å². The molecule has 1 fully saturated rings. The third-order valence-corrected chi connectivity index (χ3v) is 4.48. The van der Waals surface area contributed by atoms with Gasteiger partial charge in [-0.3, -0.25) is 4.90 Å². The van der Waals surface area contributed by atoms with Crippen LogP contribution in [0, 0.1) is 0 Å². The fourth-order valence-electron chi connectivity index (χ4n) is 2.26. The van der Waals surface area contributed by atoms with E-state index < -0.39 is 11.1 Å². The lowest BCUT2D eigenvalue weighted by Gasteiger charge is -2.34. The fourth-order valence-corrected chi connectivity index (χ4v) is 3.10. The molecule has 0 aliphatic carbocycles. The Bertz CT molecular complexity index is 574. The predicted octanol–water partition coefficient (Wildman–Crippen LogP) is 3.08. The van der Waals surface area contributed by atoms with Crippen molar-refractivity contribution in [1.29, 1.82) is 0 Å². The van der Waals surface area contributed by atoms with Gasteiger partial charge in [-0.05, 0) is 12.1 Å². The second-order valence-corrected chi connectivity index (χ2v) is 5.86. The number of anilines is 1. The van der Waals surface area contributed by atoms with E-state index in [2.05, 4.69) is 9.88 Å². The lowest BCUT2D eigenvalue weighted by molar-refractivity contribution is -0.134. The Balaban J connectivity index is 1.57. The molecule has 114 valence electrons. The molecule has 0 unspecified atom stereocenters. The van der Waals surface area contributed by atoms with Gasteiger partial charge in [-0.25, -0.2) is 4.98 Å². The zero-order chi connectivity index (χ0) is 14.9. The van der Waals surface area contributed by atoms with Gasteiger partial charge in [-0.1, -0.05) is 11.3 Å². The third-order valence-electron chi connectivity index (χ3n) is 3.38. The zero-order valence-corrected chi connectivity index (χ0v) is 12.0. The zero-order valence-electron chi connectivity index (χ0n) is 11.1. The summed E-state index contributed by atoms with van der Waals surface area (Å²) in [4.78, 5) is 7.37. The number of nitrogens with zero attached hydrogens (tertiary/aromatic N) is 3. The maximum atomic E-state index is 12.6. The highest BCUT2D eigenvalue weighted by atomic mass is 32.1. The number of furan rings is 1. The minimum Gasteiger partial charge on any atom is -0.468 e. The van der Waals surface area contributed by atoms with Crippen molar-refractivity contribution in [1.82, 2.24) is 9.88 Å². The van der Waals surface area contributed by atoms with Crippen LogP contribution >= 0.6 is 11.3 Å². The van der Waals surface area contributed by atoms with Crippen LogP contribution in [0.5, 0.6) is 0 Å². The summed E-state index contributed by atoms with van der Waals surface area (Å²) >= 11 is 0.706. The molecule has 0 spiro atoms. The van der Waals surface area contributed by atoms with E-state index in [1.807, 2.05) is 17.0 Å². The Labute approximate surface area is 123 Å². The monoisotopic (exact) mass is 317 g/mol. The highest BCUT2D eigenvalue weighted by Crippen LogP contribution is 2.36. The van der Waals surface area contributed by atoms with Crippen molar-refractivity contribution < 1.29 is 17.6 Å². The number of piperazine rings is 1. The van der Waals surface area contributed by atoms with E-state index in [9.17, 15) is 13.2 Å². The van der Waals surface area contributed by atoms with E-state index in [0.29, 0.717) is 29.6 Å². The Kier molecular flexibility index (Phi) is 3.90. The first-order chi connectivity index (χ1) is 10.0. The lowest BCUT2D eigenvalue weighted by Crippen LogP contribution is -2.45. The molecule has 0 atom stereocenters. The predicted molar refractivity (Wildman–Crippen MR) is 73.3 cm³/mol. The summed E-state index contributed by atoms with van der Waals surface area (Å²) in [7, 11) is 0. The summed E-state index contributed by atoms with van der Waals surface area (Å²) in [5, 5.41) is 0.444. The number of alkyl halides is 3. The van der Waals surface area contributed by atoms with Crippen LogP contribution in [0.1, 0.15) is 10.6 Å². The number of hydrogen-bond acceptors (Lipinski definition) is 5. The Morgan fingerprint density at radius 2 is 2.00 bits per heavy atom. The summed E-state index contributed by atoms with van der Waals surface area (Å²) in [6.45, 7) is 3.63. The number of rotatable bonds is 3. The van der Waals surface area contributed by atoms with Crippen LogP contribution in [-0.4, -0.2) is 36.1 Å². The summed E-state index contributed by atoms with van der Waals surface area (Å²) in [6.07, 6.45) is -1.76. The lowest BCUT2D eigenvalue weighted by atomic mass is 10.3. The van der Waals surface area contributed by atoms with Crippen LogP contribution in [0.15, 0.2) is 29.0 Å². The van der Waals surface area contributed by atoms with Gasteiger partial charge < -0.3 is 9.32 Å². The van der Waals surface area contributed by atoms with Gasteiger partial charge in [0.15, 0.2) is 5.13 Å². The van der Waals surface area contributed by atoms with Crippen LogP contribution in [0.25, 0.3) is 0 Å². The average Bonchev–Trinajstić information content (AvgIpc) is 3.09. The molecule has 8 heteroatoms. The molecule has 0 radical (unpaired) electrons. The molecular formula is C13H14F3N3OS. The molecule has 3 heterocycles. The first-order valence-electron chi connectivity index (χ1n) is 6.55. The van der Waals surface area contributed by atoms with Crippen molar-refractivity contribution in [3.63, 3.8) is 0 Å². The van der Waals surface area contributed by atoms with E-state index in [0.717, 1.165) is 31.6 Å². The van der Waals surface area contributed by atoms with Gasteiger partial charge in [0.25, 0.3) is 0 Å². The Morgan fingerprint density at radius 1 is 1.24 bits per heavy atom. The Morgan fingerprint density at radius 3 is 2.57 bits per heavy atom. The van der Waals surface area contributed by atoms with Crippen LogP contribution in [0.2, 0.25) is 0 Å². The summed E-state index contributed by atoms with van der Waals surface area (Å²) in [6, 6.07) is 3.77. The first-order valence-corrected chi connectivity index (χ1v) is 7.37. The van der Waals surface area contributed by atoms with Crippen molar-refractivity contribution in [2.75, 3.05) is 31.1 Å². The van der Waals surface area contributed by atoms with Gasteiger partial charge in [0.2, 0.25) is 0 Å². The molecule has 0 saturated carbocycles. The van der Waals surface area contributed by atoms with Gasteiger partial charge in [0.1, 0.15) is 10.6 Å². The smallest absolute Gasteiger partial charge is 0.427 e. The number of halogens is 3. The van der Waals surface area contributed by atoms with Crippen molar-refractivity contribution in [3.8, 4) is 0 Å². The molecule has 2 aromatic rings. The van der Waals surface area contributed by atoms with E-state index in [1.54, 1.807) is 6.26 Å². The van der Waals surface area contributed by atoms with Gasteiger partial charge in [0, 0.05) is 26.2 Å². The summed E-state index contributed by atoms with van der Waals surface area (Å²) < 4.78 is 43.0. The molecule has 2 aromatic heterocycles. The molecule has 1 aliphatic rings. The van der Waals surface area contributed by atoms with Crippen LogP contribution in [-0.2, 0) is 12.7 Å². The normalized spacial score (nSPS) is 17.4. The van der Waals surface area contributed by atoms with Gasteiger partial charge in [-0.2, -0.15) is 13.2 Å². The van der Waals surface area contributed by atoms with Gasteiger partial charge >= 0.3 is 6.18 Å². The second kappa shape index (κ2) is 5.69. The van der Waals surface area contributed by atoms with Gasteiger partial charge in [0.05, 0.1) is 19.0 Å². The van der Waals surface area contributed by atoms with Crippen molar-refractivity contribution >= 4 is 16.5 Å². The van der Waals surface area contributed by atoms with Crippen molar-refractivity contribution in [2.45, 2.75) is 12.7 Å². The molecule has 0 bridgehead atoms. The molecule has 1 saturated heterocycles. The largest absolute Gasteiger partial charge is 0.468 e. The highest BCUT2D eigenvalue weighted by Gasteiger charge is 2.34. The minimum atomic E-state index is -4.31. The highest BCUT2D eigenvalue weighted by molar-refractivity contribution is 7.15. The first kappa shape index (κ1) is 14.4. The van der Waals surface area contributed by atoms with Crippen LogP contribution in [0.4, 0.5) is 18.3 Å². The number of aromatic nitrogens is 1. The van der Waals surface area contributed by atoms with E-state index in [-0.39, 0.29) is 0 Å². The topological polar surface area (TPSA) is 32.5 Å². The van der Waals surface area contributed by atoms with E-state index in [1.165, 1.54) is 0 Å². The third kappa shape index (κ3) is 3.38. The van der Waals surface area contributed by atoms with E-state index >= 15 is 0 Å². The molecule has 3 rings (SSSR count). The molecule has 1 aliphatic heterocycles. The number of thiazole rings is 1. The van der Waals surface area contributed by atoms with Crippen LogP contribution < -0.4 is 4.90 Å². The quantitative estimate of drug-likeness (QED) is 0.871. The molecule has 0 N–H and O–H groups in total. The van der Waals surface area contributed by atoms with E-state index in [4.69, 9.17) is 4.42 Å². The fraction of sp³-hybridized carbons (Fsp3) is 0.462. The molecule has 4 nitrogen and oxygen atoms in total. The van der Waals surface area contributed by atoms with Crippen LogP contribution in [0.3, 0.4) is 0 Å². The van der Waals surface area contributed by atoms with Gasteiger partial charge in [-0.15, -0.1) is 0 Å². The van der Waals surface area contributed by atoms with Crippen molar-refractivity contribution in [3.05, 3.63) is 35.2 Å². The number of hydrogen-bond donors (Lipinski definition) is 0. The Hall–Kier alpha value is -1.54. The maximum absolute atomic E-state index is 12.6. The summed E-state index contributed by atoms with van der Waals surface area (Å²) in [5.74, 6) is 0.900. The summed E-state index contributed by atoms with van der Waals surface area (Å²) in [5.41, 5.74) is 0. The standard InChI is InChI=1S/C13H14F3N3OS/c14-13(15,16)11-8-17-12(21-11)19-5-3-18(4-6-19)9-10-2-1-7-20-10/h1-2,7-8H,3-6,9H2. The molecule has 0 amide bonds. The average molecular weight is 317 g/mol. The molecule has 21 heavy (non-hydrogen) atoms. The molecular weight excluding hydrogens is 303 g/mol. The minimum absolute atomic E-state index is 0.444.